The summed E-state index contributed by atoms with van der Waals surface area (Å²) in [6.07, 6.45) is 1.12. The zero-order chi connectivity index (χ0) is 27.3. The maximum atomic E-state index is 14.1. The molecule has 0 radical (unpaired) electrons. The molecule has 39 heavy (non-hydrogen) atoms. The standard InChI is InChI=1S/C29H32BFN2O6/c31-23-13-18(6-7-24(23)35)25-14-21-26-22(12-19(16-34)27(21)30(38)39-25)28(36)33(29(26)37)20-8-10-32(11-9-20)15-17-4-2-1-3-5-17/h1-7,13,20-22,25-26,34-35,38H,8-12,14-16H2/t21-,22-,25-,26+/m0/s1. The van der Waals surface area contributed by atoms with E-state index in [1.807, 2.05) is 18.2 Å². The number of aliphatic hydroxyl groups excluding tert-OH is 1. The number of phenolic OH excluding ortho intramolecular Hbond substituents is 1. The number of fused-ring (bicyclic) bond motifs is 3. The fourth-order valence-electron chi connectivity index (χ4n) is 7.06. The van der Waals surface area contributed by atoms with E-state index in [9.17, 15) is 29.2 Å². The van der Waals surface area contributed by atoms with Gasteiger partial charge in [-0.15, -0.1) is 0 Å². The number of phenols is 1. The second-order valence-electron chi connectivity index (χ2n) is 11.1. The molecule has 204 valence electrons. The van der Waals surface area contributed by atoms with Crippen LogP contribution >= 0.6 is 0 Å². The minimum absolute atomic E-state index is 0.185. The maximum Gasteiger partial charge on any atom is 0.487 e. The van der Waals surface area contributed by atoms with E-state index in [2.05, 4.69) is 17.0 Å². The molecule has 8 nitrogen and oxygen atoms in total. The number of aliphatic hydroxyl groups is 1. The van der Waals surface area contributed by atoms with Crippen LogP contribution in [0.4, 0.5) is 4.39 Å². The molecule has 10 heteroatoms. The van der Waals surface area contributed by atoms with Gasteiger partial charge in [0.15, 0.2) is 11.6 Å². The Balaban J connectivity index is 1.22. The van der Waals surface area contributed by atoms with Gasteiger partial charge in [0.25, 0.3) is 0 Å². The van der Waals surface area contributed by atoms with Crippen LogP contribution in [0.25, 0.3) is 0 Å². The summed E-state index contributed by atoms with van der Waals surface area (Å²) in [6.45, 7) is 2.05. The van der Waals surface area contributed by atoms with Gasteiger partial charge in [0.05, 0.1) is 24.5 Å². The Hall–Kier alpha value is -3.05. The summed E-state index contributed by atoms with van der Waals surface area (Å²) < 4.78 is 19.9. The molecule has 4 aliphatic rings. The summed E-state index contributed by atoms with van der Waals surface area (Å²) in [6, 6.07) is 13.9. The van der Waals surface area contributed by atoms with Crippen molar-refractivity contribution < 1.29 is 33.9 Å². The number of benzene rings is 2. The van der Waals surface area contributed by atoms with Crippen LogP contribution in [-0.4, -0.2) is 69.7 Å². The number of aromatic hydroxyl groups is 1. The van der Waals surface area contributed by atoms with Crippen molar-refractivity contribution in [2.45, 2.75) is 44.4 Å². The molecule has 2 amide bonds. The molecular formula is C29H32BFN2O6. The van der Waals surface area contributed by atoms with Gasteiger partial charge in [0.1, 0.15) is 0 Å². The fourth-order valence-corrected chi connectivity index (χ4v) is 7.06. The van der Waals surface area contributed by atoms with E-state index in [4.69, 9.17) is 4.65 Å². The Kier molecular flexibility index (Phi) is 7.05. The normalized spacial score (nSPS) is 28.2. The van der Waals surface area contributed by atoms with Crippen LogP contribution in [0, 0.1) is 23.6 Å². The predicted octanol–water partition coefficient (Wildman–Crippen LogP) is 2.59. The van der Waals surface area contributed by atoms with Gasteiger partial charge in [-0.2, -0.15) is 0 Å². The number of carbonyl (C=O) groups excluding carboxylic acids is 2. The van der Waals surface area contributed by atoms with Crippen molar-refractivity contribution >= 4 is 18.9 Å². The summed E-state index contributed by atoms with van der Waals surface area (Å²) in [4.78, 5) is 31.4. The zero-order valence-corrected chi connectivity index (χ0v) is 21.6. The molecule has 4 atom stereocenters. The number of nitrogens with zero attached hydrogens (tertiary/aromatic N) is 2. The van der Waals surface area contributed by atoms with Gasteiger partial charge in [-0.3, -0.25) is 19.4 Å². The Morgan fingerprint density at radius 2 is 1.77 bits per heavy atom. The summed E-state index contributed by atoms with van der Waals surface area (Å²) in [7, 11) is -1.38. The van der Waals surface area contributed by atoms with Crippen molar-refractivity contribution in [3.05, 3.63) is 76.5 Å². The Morgan fingerprint density at radius 3 is 2.46 bits per heavy atom. The lowest BCUT2D eigenvalue weighted by molar-refractivity contribution is -0.144. The predicted molar refractivity (Wildman–Crippen MR) is 140 cm³/mol. The molecular weight excluding hydrogens is 502 g/mol. The lowest BCUT2D eigenvalue weighted by Gasteiger charge is -2.42. The molecule has 3 fully saturated rings. The minimum Gasteiger partial charge on any atom is -0.505 e. The van der Waals surface area contributed by atoms with Crippen LogP contribution in [0.3, 0.4) is 0 Å². The molecule has 0 saturated carbocycles. The van der Waals surface area contributed by atoms with Crippen molar-refractivity contribution in [1.82, 2.24) is 9.80 Å². The van der Waals surface area contributed by atoms with Crippen molar-refractivity contribution in [2.75, 3.05) is 19.7 Å². The van der Waals surface area contributed by atoms with E-state index in [-0.39, 0.29) is 37.3 Å². The van der Waals surface area contributed by atoms with E-state index in [1.165, 1.54) is 22.6 Å². The average Bonchev–Trinajstić information content (AvgIpc) is 3.20. The number of carbonyl (C=O) groups is 2. The number of halogens is 1. The monoisotopic (exact) mass is 534 g/mol. The number of likely N-dealkylation sites (tertiary alicyclic amines) is 2. The second-order valence-corrected chi connectivity index (χ2v) is 11.1. The number of rotatable bonds is 5. The van der Waals surface area contributed by atoms with E-state index >= 15 is 0 Å². The zero-order valence-electron chi connectivity index (χ0n) is 21.6. The molecule has 0 unspecified atom stereocenters. The third kappa shape index (κ3) is 4.69. The largest absolute Gasteiger partial charge is 0.505 e. The number of allylic oxidation sites excluding steroid dienone is 1. The molecule has 0 aromatic heterocycles. The van der Waals surface area contributed by atoms with Crippen molar-refractivity contribution in [1.29, 1.82) is 0 Å². The van der Waals surface area contributed by atoms with Gasteiger partial charge in [-0.25, -0.2) is 4.39 Å². The number of piperidine rings is 1. The molecule has 6 rings (SSSR count). The van der Waals surface area contributed by atoms with Gasteiger partial charge in [0, 0.05) is 25.7 Å². The quantitative estimate of drug-likeness (QED) is 0.400. The highest BCUT2D eigenvalue weighted by Crippen LogP contribution is 2.52. The summed E-state index contributed by atoms with van der Waals surface area (Å²) in [5, 5.41) is 30.7. The minimum atomic E-state index is -1.38. The molecule has 3 aliphatic heterocycles. The molecule has 1 aliphatic carbocycles. The topological polar surface area (TPSA) is 111 Å². The number of imide groups is 1. The van der Waals surface area contributed by atoms with E-state index in [0.717, 1.165) is 25.7 Å². The summed E-state index contributed by atoms with van der Waals surface area (Å²) in [5.74, 6) is -3.50. The van der Waals surface area contributed by atoms with E-state index in [0.29, 0.717) is 29.5 Å². The molecule has 3 saturated heterocycles. The molecule has 3 N–H and O–H groups in total. The van der Waals surface area contributed by atoms with Crippen molar-refractivity contribution in [3.63, 3.8) is 0 Å². The number of hydrogen-bond donors (Lipinski definition) is 3. The van der Waals surface area contributed by atoms with Crippen LogP contribution in [0.2, 0.25) is 0 Å². The van der Waals surface area contributed by atoms with Crippen LogP contribution in [0.15, 0.2) is 59.6 Å². The average molecular weight is 534 g/mol. The third-order valence-corrected chi connectivity index (χ3v) is 8.95. The first-order valence-corrected chi connectivity index (χ1v) is 13.6. The molecule has 2 aromatic rings. The van der Waals surface area contributed by atoms with Crippen molar-refractivity contribution in [3.8, 4) is 5.75 Å². The molecule has 0 spiro atoms. The highest BCUT2D eigenvalue weighted by Gasteiger charge is 2.59. The smallest absolute Gasteiger partial charge is 0.487 e. The van der Waals surface area contributed by atoms with Gasteiger partial charge in [-0.05, 0) is 65.9 Å². The Bertz CT molecular complexity index is 1300. The lowest BCUT2D eigenvalue weighted by atomic mass is 9.55. The number of hydrogen-bond acceptors (Lipinski definition) is 7. The molecule has 0 bridgehead atoms. The van der Waals surface area contributed by atoms with E-state index in [1.54, 1.807) is 0 Å². The van der Waals surface area contributed by atoms with E-state index < -0.39 is 42.5 Å². The van der Waals surface area contributed by atoms with Crippen LogP contribution in [0.5, 0.6) is 5.75 Å². The first-order chi connectivity index (χ1) is 18.9. The Labute approximate surface area is 226 Å². The SMILES string of the molecule is O=C1[C@H]2[C@H](CC(CO)=C3B(O)O[C@H](c4ccc(O)c(F)c4)C[C@H]32)C(=O)N1C1CCN(Cc2ccccc2)CC1. The summed E-state index contributed by atoms with van der Waals surface area (Å²) in [5.41, 5.74) is 2.65. The first kappa shape index (κ1) is 26.2. The van der Waals surface area contributed by atoms with Crippen LogP contribution in [-0.2, 0) is 20.8 Å². The van der Waals surface area contributed by atoms with Crippen LogP contribution < -0.4 is 0 Å². The van der Waals surface area contributed by atoms with Gasteiger partial charge >= 0.3 is 7.12 Å². The fraction of sp³-hybridized carbons (Fsp3) is 0.448. The van der Waals surface area contributed by atoms with Gasteiger partial charge in [-0.1, -0.05) is 36.4 Å². The summed E-state index contributed by atoms with van der Waals surface area (Å²) >= 11 is 0. The molecule has 3 heterocycles. The van der Waals surface area contributed by atoms with Gasteiger partial charge in [0.2, 0.25) is 11.8 Å². The highest BCUT2D eigenvalue weighted by atomic mass is 19.1. The third-order valence-electron chi connectivity index (χ3n) is 8.95. The number of amides is 2. The Morgan fingerprint density at radius 1 is 1.03 bits per heavy atom. The first-order valence-electron chi connectivity index (χ1n) is 13.6. The lowest BCUT2D eigenvalue weighted by Crippen LogP contribution is -2.48. The molecule has 2 aromatic carbocycles. The maximum absolute atomic E-state index is 14.1. The van der Waals surface area contributed by atoms with Gasteiger partial charge < -0.3 is 19.9 Å². The second kappa shape index (κ2) is 10.5. The van der Waals surface area contributed by atoms with Crippen molar-refractivity contribution in [2.24, 2.45) is 17.8 Å². The van der Waals surface area contributed by atoms with Crippen LogP contribution in [0.1, 0.15) is 42.9 Å². The highest BCUT2D eigenvalue weighted by molar-refractivity contribution is 6.53.